The minimum Gasteiger partial charge on any atom is -0.378 e. The highest BCUT2D eigenvalue weighted by Crippen LogP contribution is 2.42. The molecule has 10 heavy (non-hydrogen) atoms. The van der Waals surface area contributed by atoms with Crippen LogP contribution in [0.15, 0.2) is 0 Å². The van der Waals surface area contributed by atoms with Crippen LogP contribution in [0.1, 0.15) is 6.42 Å². The summed E-state index contributed by atoms with van der Waals surface area (Å²) in [6.45, 7) is 2.40. The highest BCUT2D eigenvalue weighted by molar-refractivity contribution is 5.62. The first kappa shape index (κ1) is 6.31. The second kappa shape index (κ2) is 2.04. The molecule has 2 unspecified atom stereocenters. The predicted octanol–water partition coefficient (Wildman–Crippen LogP) is -0.436. The van der Waals surface area contributed by atoms with Gasteiger partial charge in [0.15, 0.2) is 0 Å². The van der Waals surface area contributed by atoms with Crippen molar-refractivity contribution in [3.8, 4) is 0 Å². The fraction of sp³-hybridized carbons (Fsp3) is 0.857. The largest absolute Gasteiger partial charge is 0.378 e. The van der Waals surface area contributed by atoms with Crippen LogP contribution in [0.3, 0.4) is 0 Å². The van der Waals surface area contributed by atoms with Crippen molar-refractivity contribution in [1.82, 2.24) is 5.32 Å². The smallest absolute Gasteiger partial charge is 0.125 e. The van der Waals surface area contributed by atoms with Crippen molar-refractivity contribution in [3.05, 3.63) is 0 Å². The predicted molar refractivity (Wildman–Crippen MR) is 35.7 cm³/mol. The number of carbonyl (C=O) groups excluding carboxylic acids is 1. The zero-order valence-electron chi connectivity index (χ0n) is 5.80. The Labute approximate surface area is 59.7 Å². The molecule has 2 atom stereocenters. The molecule has 1 spiro atoms. The van der Waals surface area contributed by atoms with Gasteiger partial charge >= 0.3 is 0 Å². The van der Waals surface area contributed by atoms with Crippen LogP contribution in [0.2, 0.25) is 0 Å². The van der Waals surface area contributed by atoms with E-state index in [1.807, 2.05) is 0 Å². The van der Waals surface area contributed by atoms with Crippen molar-refractivity contribution in [3.63, 3.8) is 0 Å². The van der Waals surface area contributed by atoms with Crippen molar-refractivity contribution in [2.24, 2.45) is 5.92 Å². The van der Waals surface area contributed by atoms with Crippen molar-refractivity contribution in [2.75, 3.05) is 19.8 Å². The van der Waals surface area contributed by atoms with Gasteiger partial charge in [-0.15, -0.1) is 0 Å². The lowest BCUT2D eigenvalue weighted by Crippen LogP contribution is -2.45. The third-order valence-corrected chi connectivity index (χ3v) is 2.38. The summed E-state index contributed by atoms with van der Waals surface area (Å²) in [5, 5.41) is 3.31. The molecule has 0 radical (unpaired) electrons. The SMILES string of the molecule is O=CC1CC12COCCN2. The number of morpholine rings is 1. The molecule has 3 nitrogen and oxygen atoms in total. The molecule has 2 aliphatic rings. The number of ether oxygens (including phenoxy) is 1. The van der Waals surface area contributed by atoms with Crippen LogP contribution in [-0.4, -0.2) is 31.6 Å². The lowest BCUT2D eigenvalue weighted by Gasteiger charge is -2.23. The molecule has 1 N–H and O–H groups in total. The van der Waals surface area contributed by atoms with E-state index in [0.29, 0.717) is 0 Å². The van der Waals surface area contributed by atoms with Crippen LogP contribution in [0, 0.1) is 5.92 Å². The molecule has 1 saturated heterocycles. The molecule has 1 aliphatic carbocycles. The van der Waals surface area contributed by atoms with Gasteiger partial charge in [-0.1, -0.05) is 0 Å². The van der Waals surface area contributed by atoms with Crippen LogP contribution in [-0.2, 0) is 9.53 Å². The maximum Gasteiger partial charge on any atom is 0.125 e. The van der Waals surface area contributed by atoms with Crippen molar-refractivity contribution in [1.29, 1.82) is 0 Å². The molecule has 0 bridgehead atoms. The minimum absolute atomic E-state index is 0.0556. The lowest BCUT2D eigenvalue weighted by atomic mass is 10.2. The summed E-state index contributed by atoms with van der Waals surface area (Å²) in [4.78, 5) is 10.3. The number of carbonyl (C=O) groups is 1. The average molecular weight is 141 g/mol. The van der Waals surface area contributed by atoms with Gasteiger partial charge in [0, 0.05) is 12.5 Å². The first-order valence-corrected chi connectivity index (χ1v) is 3.65. The van der Waals surface area contributed by atoms with E-state index in [-0.39, 0.29) is 11.5 Å². The molecule has 0 aromatic rings. The molecule has 2 rings (SSSR count). The van der Waals surface area contributed by atoms with E-state index in [2.05, 4.69) is 5.32 Å². The summed E-state index contributed by atoms with van der Waals surface area (Å²) in [7, 11) is 0. The second-order valence-corrected chi connectivity index (χ2v) is 3.08. The van der Waals surface area contributed by atoms with E-state index in [4.69, 9.17) is 4.74 Å². The van der Waals surface area contributed by atoms with Gasteiger partial charge in [-0.25, -0.2) is 0 Å². The number of hydrogen-bond acceptors (Lipinski definition) is 3. The van der Waals surface area contributed by atoms with E-state index in [1.54, 1.807) is 0 Å². The third-order valence-electron chi connectivity index (χ3n) is 2.38. The Balaban J connectivity index is 1.97. The second-order valence-electron chi connectivity index (χ2n) is 3.08. The van der Waals surface area contributed by atoms with E-state index in [0.717, 1.165) is 32.5 Å². The molecular weight excluding hydrogens is 130 g/mol. The van der Waals surface area contributed by atoms with Gasteiger partial charge in [0.25, 0.3) is 0 Å². The highest BCUT2D eigenvalue weighted by Gasteiger charge is 2.55. The van der Waals surface area contributed by atoms with Crippen molar-refractivity contribution in [2.45, 2.75) is 12.0 Å². The molecule has 3 heteroatoms. The van der Waals surface area contributed by atoms with Crippen LogP contribution in [0.25, 0.3) is 0 Å². The standard InChI is InChI=1S/C7H11NO2/c9-4-6-3-7(6)5-10-2-1-8-7/h4,6,8H,1-3,5H2. The first-order valence-electron chi connectivity index (χ1n) is 3.65. The van der Waals surface area contributed by atoms with E-state index < -0.39 is 0 Å². The Morgan fingerprint density at radius 2 is 2.60 bits per heavy atom. The van der Waals surface area contributed by atoms with E-state index >= 15 is 0 Å². The van der Waals surface area contributed by atoms with E-state index in [9.17, 15) is 4.79 Å². The van der Waals surface area contributed by atoms with Gasteiger partial charge in [0.1, 0.15) is 6.29 Å². The highest BCUT2D eigenvalue weighted by atomic mass is 16.5. The number of hydrogen-bond donors (Lipinski definition) is 1. The third kappa shape index (κ3) is 0.777. The van der Waals surface area contributed by atoms with Crippen LogP contribution < -0.4 is 5.32 Å². The Morgan fingerprint density at radius 3 is 3.10 bits per heavy atom. The van der Waals surface area contributed by atoms with Gasteiger partial charge in [0.2, 0.25) is 0 Å². The molecule has 0 aromatic carbocycles. The summed E-state index contributed by atoms with van der Waals surface area (Å²) < 4.78 is 5.26. The molecule has 56 valence electrons. The maximum absolute atomic E-state index is 10.3. The molecule has 1 saturated carbocycles. The zero-order valence-corrected chi connectivity index (χ0v) is 5.80. The Kier molecular flexibility index (Phi) is 1.28. The van der Waals surface area contributed by atoms with Gasteiger partial charge in [0.05, 0.1) is 18.8 Å². The molecule has 0 aromatic heterocycles. The maximum atomic E-state index is 10.3. The quantitative estimate of drug-likeness (QED) is 0.503. The summed E-state index contributed by atoms with van der Waals surface area (Å²) in [6.07, 6.45) is 2.00. The number of rotatable bonds is 1. The number of aldehydes is 1. The average Bonchev–Trinajstić information content (AvgIpc) is 2.65. The van der Waals surface area contributed by atoms with E-state index in [1.165, 1.54) is 0 Å². The summed E-state index contributed by atoms with van der Waals surface area (Å²) in [6, 6.07) is 0. The summed E-state index contributed by atoms with van der Waals surface area (Å²) in [5.74, 6) is 0.216. The Morgan fingerprint density at radius 1 is 1.70 bits per heavy atom. The van der Waals surface area contributed by atoms with Gasteiger partial charge in [-0.2, -0.15) is 0 Å². The summed E-state index contributed by atoms with van der Waals surface area (Å²) in [5.41, 5.74) is 0.0556. The molecule has 0 amide bonds. The number of nitrogens with one attached hydrogen (secondary N) is 1. The Hall–Kier alpha value is -0.410. The fourth-order valence-corrected chi connectivity index (χ4v) is 1.56. The van der Waals surface area contributed by atoms with Gasteiger partial charge in [-0.3, -0.25) is 0 Å². The topological polar surface area (TPSA) is 38.3 Å². The van der Waals surface area contributed by atoms with Crippen molar-refractivity contribution >= 4 is 6.29 Å². The normalized spacial score (nSPS) is 45.4. The Bertz CT molecular complexity index is 152. The lowest BCUT2D eigenvalue weighted by molar-refractivity contribution is -0.109. The molecule has 1 aliphatic heterocycles. The molecule has 1 heterocycles. The van der Waals surface area contributed by atoms with Crippen LogP contribution in [0.5, 0.6) is 0 Å². The summed E-state index contributed by atoms with van der Waals surface area (Å²) >= 11 is 0. The van der Waals surface area contributed by atoms with Gasteiger partial charge in [-0.05, 0) is 6.42 Å². The van der Waals surface area contributed by atoms with Crippen LogP contribution in [0.4, 0.5) is 0 Å². The monoisotopic (exact) mass is 141 g/mol. The minimum atomic E-state index is 0.0556. The molecular formula is C7H11NO2. The van der Waals surface area contributed by atoms with Crippen molar-refractivity contribution < 1.29 is 9.53 Å². The van der Waals surface area contributed by atoms with Gasteiger partial charge < -0.3 is 14.8 Å². The van der Waals surface area contributed by atoms with Crippen LogP contribution >= 0.6 is 0 Å². The first-order chi connectivity index (χ1) is 4.87. The zero-order chi connectivity index (χ0) is 7.03. The molecule has 2 fully saturated rings. The fourth-order valence-electron chi connectivity index (χ4n) is 1.56.